The van der Waals surface area contributed by atoms with E-state index in [1.165, 1.54) is 11.3 Å². The molecule has 0 aliphatic rings. The van der Waals surface area contributed by atoms with Crippen LogP contribution in [0.2, 0.25) is 0 Å². The average molecular weight is 262 g/mol. The highest BCUT2D eigenvalue weighted by molar-refractivity contribution is 9.09. The number of hydrogen-bond acceptors (Lipinski definition) is 2. The summed E-state index contributed by atoms with van der Waals surface area (Å²) in [7, 11) is 1.82. The maximum Gasteiger partial charge on any atom is 0.263 e. The Bertz CT molecular complexity index is 271. The van der Waals surface area contributed by atoms with Crippen LogP contribution in [-0.2, 0) is 0 Å². The number of nitrogens with zero attached hydrogens (tertiary/aromatic N) is 1. The van der Waals surface area contributed by atoms with E-state index in [4.69, 9.17) is 0 Å². The molecule has 72 valence electrons. The van der Waals surface area contributed by atoms with Crippen LogP contribution < -0.4 is 0 Å². The highest BCUT2D eigenvalue weighted by atomic mass is 79.9. The van der Waals surface area contributed by atoms with E-state index in [0.717, 1.165) is 11.4 Å². The molecular formula is C9H12BrNOS. The first kappa shape index (κ1) is 10.7. The number of alkyl halides is 1. The van der Waals surface area contributed by atoms with E-state index in [1.807, 2.05) is 31.5 Å². The molecule has 0 spiro atoms. The van der Waals surface area contributed by atoms with Gasteiger partial charge in [0.25, 0.3) is 5.91 Å². The lowest BCUT2D eigenvalue weighted by molar-refractivity contribution is 0.0802. The molecule has 1 amide bonds. The predicted octanol–water partition coefficient (Wildman–Crippen LogP) is 2.60. The van der Waals surface area contributed by atoms with Crippen LogP contribution in [0.25, 0.3) is 0 Å². The minimum absolute atomic E-state index is 0.0984. The summed E-state index contributed by atoms with van der Waals surface area (Å²) in [5.41, 5.74) is 0. The first-order valence-corrected chi connectivity index (χ1v) is 5.84. The summed E-state index contributed by atoms with van der Waals surface area (Å²) in [6, 6.07) is 3.74. The van der Waals surface area contributed by atoms with Crippen LogP contribution in [0.15, 0.2) is 17.5 Å². The van der Waals surface area contributed by atoms with Gasteiger partial charge >= 0.3 is 0 Å². The van der Waals surface area contributed by atoms with Crippen molar-refractivity contribution >= 4 is 33.2 Å². The van der Waals surface area contributed by atoms with Gasteiger partial charge in [0.1, 0.15) is 0 Å². The van der Waals surface area contributed by atoms with Gasteiger partial charge in [-0.25, -0.2) is 0 Å². The molecule has 1 aromatic heterocycles. The zero-order valence-electron chi connectivity index (χ0n) is 7.66. The van der Waals surface area contributed by atoms with Crippen molar-refractivity contribution < 1.29 is 4.79 Å². The molecule has 0 fully saturated rings. The van der Waals surface area contributed by atoms with Gasteiger partial charge in [0.2, 0.25) is 0 Å². The molecule has 0 bridgehead atoms. The maximum atomic E-state index is 11.7. The first-order chi connectivity index (χ1) is 6.11. The SMILES string of the molecule is CC(Br)CN(C)C(=O)c1cccs1. The van der Waals surface area contributed by atoms with Gasteiger partial charge in [-0.2, -0.15) is 0 Å². The molecule has 2 nitrogen and oxygen atoms in total. The molecule has 0 aliphatic carbocycles. The van der Waals surface area contributed by atoms with Crippen LogP contribution >= 0.6 is 27.3 Å². The minimum Gasteiger partial charge on any atom is -0.340 e. The fraction of sp³-hybridized carbons (Fsp3) is 0.444. The van der Waals surface area contributed by atoms with Crippen LogP contribution in [0.5, 0.6) is 0 Å². The summed E-state index contributed by atoms with van der Waals surface area (Å²) >= 11 is 4.90. The van der Waals surface area contributed by atoms with Crippen LogP contribution in [-0.4, -0.2) is 29.2 Å². The van der Waals surface area contributed by atoms with Crippen molar-refractivity contribution in [2.75, 3.05) is 13.6 Å². The standard InChI is InChI=1S/C9H12BrNOS/c1-7(10)6-11(2)9(12)8-4-3-5-13-8/h3-5,7H,6H2,1-2H3. The summed E-state index contributed by atoms with van der Waals surface area (Å²) in [5, 5.41) is 1.92. The van der Waals surface area contributed by atoms with Gasteiger partial charge in [-0.1, -0.05) is 28.9 Å². The second-order valence-electron chi connectivity index (χ2n) is 2.94. The zero-order valence-corrected chi connectivity index (χ0v) is 10.1. The third kappa shape index (κ3) is 3.12. The number of rotatable bonds is 3. The van der Waals surface area contributed by atoms with Crippen LogP contribution in [0.4, 0.5) is 0 Å². The maximum absolute atomic E-state index is 11.7. The van der Waals surface area contributed by atoms with E-state index in [9.17, 15) is 4.79 Å². The second-order valence-corrected chi connectivity index (χ2v) is 5.45. The van der Waals surface area contributed by atoms with E-state index >= 15 is 0 Å². The first-order valence-electron chi connectivity index (χ1n) is 4.04. The summed E-state index contributed by atoms with van der Waals surface area (Å²) < 4.78 is 0. The Morgan fingerprint density at radius 2 is 2.46 bits per heavy atom. The third-order valence-corrected chi connectivity index (χ3v) is 2.75. The Kier molecular flexibility index (Phi) is 3.93. The van der Waals surface area contributed by atoms with Gasteiger partial charge < -0.3 is 4.90 Å². The fourth-order valence-corrected chi connectivity index (χ4v) is 2.20. The third-order valence-electron chi connectivity index (χ3n) is 1.60. The zero-order chi connectivity index (χ0) is 9.84. The van der Waals surface area contributed by atoms with Crippen molar-refractivity contribution in [3.05, 3.63) is 22.4 Å². The van der Waals surface area contributed by atoms with E-state index in [0.29, 0.717) is 4.83 Å². The number of hydrogen-bond donors (Lipinski definition) is 0. The van der Waals surface area contributed by atoms with Crippen molar-refractivity contribution in [1.29, 1.82) is 0 Å². The van der Waals surface area contributed by atoms with Crippen molar-refractivity contribution in [3.8, 4) is 0 Å². The van der Waals surface area contributed by atoms with Crippen molar-refractivity contribution in [1.82, 2.24) is 4.90 Å². The molecule has 0 radical (unpaired) electrons. The molecule has 13 heavy (non-hydrogen) atoms. The van der Waals surface area contributed by atoms with Gasteiger partial charge in [-0.05, 0) is 11.4 Å². The normalized spacial score (nSPS) is 12.5. The molecule has 1 unspecified atom stereocenters. The minimum atomic E-state index is 0.0984. The molecule has 1 rings (SSSR count). The van der Waals surface area contributed by atoms with E-state index in [-0.39, 0.29) is 5.91 Å². The molecular weight excluding hydrogens is 250 g/mol. The lowest BCUT2D eigenvalue weighted by Gasteiger charge is -2.17. The van der Waals surface area contributed by atoms with Crippen LogP contribution in [0.1, 0.15) is 16.6 Å². The van der Waals surface area contributed by atoms with Gasteiger partial charge in [0.05, 0.1) is 4.88 Å². The van der Waals surface area contributed by atoms with Crippen molar-refractivity contribution in [3.63, 3.8) is 0 Å². The number of thiophene rings is 1. The number of halogens is 1. The van der Waals surface area contributed by atoms with E-state index in [1.54, 1.807) is 4.90 Å². The molecule has 0 saturated heterocycles. The lowest BCUT2D eigenvalue weighted by atomic mass is 10.4. The van der Waals surface area contributed by atoms with Crippen molar-refractivity contribution in [2.45, 2.75) is 11.8 Å². The van der Waals surface area contributed by atoms with E-state index in [2.05, 4.69) is 15.9 Å². The molecule has 1 aromatic rings. The summed E-state index contributed by atoms with van der Waals surface area (Å²) in [5.74, 6) is 0.0984. The molecule has 0 aromatic carbocycles. The summed E-state index contributed by atoms with van der Waals surface area (Å²) in [6.45, 7) is 2.76. The molecule has 0 aliphatic heterocycles. The second kappa shape index (κ2) is 4.77. The Morgan fingerprint density at radius 1 is 1.77 bits per heavy atom. The quantitative estimate of drug-likeness (QED) is 0.767. The lowest BCUT2D eigenvalue weighted by Crippen LogP contribution is -2.30. The van der Waals surface area contributed by atoms with Crippen LogP contribution in [0, 0.1) is 0 Å². The largest absolute Gasteiger partial charge is 0.340 e. The summed E-state index contributed by atoms with van der Waals surface area (Å²) in [4.78, 5) is 14.5. The Labute approximate surface area is 90.7 Å². The van der Waals surface area contributed by atoms with Gasteiger partial charge in [-0.3, -0.25) is 4.79 Å². The van der Waals surface area contributed by atoms with Gasteiger partial charge in [-0.15, -0.1) is 11.3 Å². The Morgan fingerprint density at radius 3 is 2.92 bits per heavy atom. The topological polar surface area (TPSA) is 20.3 Å². The Hall–Kier alpha value is -0.350. The van der Waals surface area contributed by atoms with Crippen molar-refractivity contribution in [2.24, 2.45) is 0 Å². The van der Waals surface area contributed by atoms with Gasteiger partial charge in [0, 0.05) is 18.4 Å². The van der Waals surface area contributed by atoms with Crippen LogP contribution in [0.3, 0.4) is 0 Å². The molecule has 0 N–H and O–H groups in total. The molecule has 4 heteroatoms. The monoisotopic (exact) mass is 261 g/mol. The molecule has 1 atom stereocenters. The number of carbonyl (C=O) groups excluding carboxylic acids is 1. The number of carbonyl (C=O) groups is 1. The average Bonchev–Trinajstić information content (AvgIpc) is 2.53. The molecule has 0 saturated carbocycles. The summed E-state index contributed by atoms with van der Waals surface area (Å²) in [6.07, 6.45) is 0. The number of amides is 1. The predicted molar refractivity (Wildman–Crippen MR) is 59.7 cm³/mol. The van der Waals surface area contributed by atoms with Gasteiger partial charge in [0.15, 0.2) is 0 Å². The highest BCUT2D eigenvalue weighted by Crippen LogP contribution is 2.12. The Balaban J connectivity index is 2.58. The smallest absolute Gasteiger partial charge is 0.263 e. The van der Waals surface area contributed by atoms with E-state index < -0.39 is 0 Å². The highest BCUT2D eigenvalue weighted by Gasteiger charge is 2.13. The molecule has 1 heterocycles. The fourth-order valence-electron chi connectivity index (χ4n) is 1.05.